The molecule has 0 atom stereocenters. The molecule has 0 heterocycles. The summed E-state index contributed by atoms with van der Waals surface area (Å²) in [4.78, 5) is 2.70. The van der Waals surface area contributed by atoms with Crippen molar-refractivity contribution in [1.29, 1.82) is 0 Å². The van der Waals surface area contributed by atoms with Crippen LogP contribution < -0.4 is 0 Å². The highest BCUT2D eigenvalue weighted by Gasteiger charge is 2.06. The van der Waals surface area contributed by atoms with Crippen LogP contribution in [0.1, 0.15) is 109 Å². The van der Waals surface area contributed by atoms with Crippen LogP contribution in [0.3, 0.4) is 0 Å². The van der Waals surface area contributed by atoms with Gasteiger partial charge in [0.05, 0.1) is 0 Å². The van der Waals surface area contributed by atoms with Gasteiger partial charge in [0.2, 0.25) is 0 Å². The highest BCUT2D eigenvalue weighted by atomic mass is 15.1. The summed E-state index contributed by atoms with van der Waals surface area (Å²) < 4.78 is 0. The number of unbranched alkanes of at least 4 members (excludes halogenated alkanes) is 12. The Morgan fingerprint density at radius 3 is 1.42 bits per heavy atom. The molecule has 1 aromatic rings. The highest BCUT2D eigenvalue weighted by Crippen LogP contribution is 2.12. The van der Waals surface area contributed by atoms with Crippen LogP contribution >= 0.6 is 0 Å². The molecular formula is C25H45N. The van der Waals surface area contributed by atoms with Crippen molar-refractivity contribution in [3.05, 3.63) is 35.9 Å². The second-order valence-electron chi connectivity index (χ2n) is 8.00. The van der Waals surface area contributed by atoms with Crippen molar-refractivity contribution in [2.24, 2.45) is 0 Å². The molecule has 0 aromatic heterocycles. The Morgan fingerprint density at radius 2 is 0.962 bits per heavy atom. The summed E-state index contributed by atoms with van der Waals surface area (Å²) in [6.45, 7) is 8.28. The molecule has 0 aliphatic rings. The van der Waals surface area contributed by atoms with Crippen LogP contribution in [-0.4, -0.2) is 18.0 Å². The zero-order valence-corrected chi connectivity index (χ0v) is 17.9. The van der Waals surface area contributed by atoms with E-state index in [1.165, 1.54) is 109 Å². The summed E-state index contributed by atoms with van der Waals surface area (Å²) >= 11 is 0. The van der Waals surface area contributed by atoms with Crippen LogP contribution in [0.2, 0.25) is 0 Å². The quantitative estimate of drug-likeness (QED) is 0.240. The first-order valence-electron chi connectivity index (χ1n) is 11.6. The SMILES string of the molecule is CCCCCCCCCCN(CCCCCCCC)Cc1ccccc1. The number of hydrogen-bond donors (Lipinski definition) is 0. The van der Waals surface area contributed by atoms with Gasteiger partial charge in [-0.1, -0.05) is 121 Å². The van der Waals surface area contributed by atoms with Gasteiger partial charge in [-0.2, -0.15) is 0 Å². The Bertz CT molecular complexity index is 386. The van der Waals surface area contributed by atoms with E-state index < -0.39 is 0 Å². The maximum absolute atomic E-state index is 2.70. The predicted molar refractivity (Wildman–Crippen MR) is 118 cm³/mol. The van der Waals surface area contributed by atoms with Gasteiger partial charge in [-0.3, -0.25) is 4.90 Å². The van der Waals surface area contributed by atoms with E-state index in [1.54, 1.807) is 0 Å². The summed E-state index contributed by atoms with van der Waals surface area (Å²) in [5, 5.41) is 0. The summed E-state index contributed by atoms with van der Waals surface area (Å²) in [6, 6.07) is 11.0. The van der Waals surface area contributed by atoms with Crippen molar-refractivity contribution < 1.29 is 0 Å². The maximum Gasteiger partial charge on any atom is 0.0233 e. The molecule has 0 saturated heterocycles. The van der Waals surface area contributed by atoms with Crippen LogP contribution in [0.5, 0.6) is 0 Å². The van der Waals surface area contributed by atoms with E-state index in [2.05, 4.69) is 49.1 Å². The molecule has 0 bridgehead atoms. The lowest BCUT2D eigenvalue weighted by Crippen LogP contribution is -2.25. The molecule has 1 heteroatoms. The topological polar surface area (TPSA) is 3.24 Å². The zero-order valence-electron chi connectivity index (χ0n) is 17.9. The van der Waals surface area contributed by atoms with Gasteiger partial charge in [0.15, 0.2) is 0 Å². The van der Waals surface area contributed by atoms with Crippen LogP contribution in [-0.2, 0) is 6.54 Å². The minimum absolute atomic E-state index is 1.13. The maximum atomic E-state index is 2.70. The van der Waals surface area contributed by atoms with Crippen molar-refractivity contribution in [2.45, 2.75) is 110 Å². The molecular weight excluding hydrogens is 314 g/mol. The van der Waals surface area contributed by atoms with Crippen LogP contribution in [0, 0.1) is 0 Å². The first kappa shape index (κ1) is 23.2. The monoisotopic (exact) mass is 359 g/mol. The van der Waals surface area contributed by atoms with Crippen LogP contribution in [0.4, 0.5) is 0 Å². The van der Waals surface area contributed by atoms with Gasteiger partial charge in [0, 0.05) is 6.54 Å². The van der Waals surface area contributed by atoms with Crippen LogP contribution in [0.15, 0.2) is 30.3 Å². The Kier molecular flexibility index (Phi) is 15.7. The standard InChI is InChI=1S/C25H45N/c1-3-5-7-9-11-12-14-19-23-26(22-18-13-10-8-6-4-2)24-25-20-16-15-17-21-25/h15-17,20-21H,3-14,18-19,22-24H2,1-2H3. The smallest absolute Gasteiger partial charge is 0.0233 e. The number of hydrogen-bond acceptors (Lipinski definition) is 1. The van der Waals surface area contributed by atoms with E-state index in [-0.39, 0.29) is 0 Å². The molecule has 1 rings (SSSR count). The zero-order chi connectivity index (χ0) is 18.7. The Morgan fingerprint density at radius 1 is 0.538 bits per heavy atom. The molecule has 26 heavy (non-hydrogen) atoms. The molecule has 0 radical (unpaired) electrons. The van der Waals surface area contributed by atoms with Gasteiger partial charge >= 0.3 is 0 Å². The average Bonchev–Trinajstić information content (AvgIpc) is 2.67. The van der Waals surface area contributed by atoms with E-state index >= 15 is 0 Å². The fourth-order valence-corrected chi connectivity index (χ4v) is 3.70. The molecule has 0 aliphatic heterocycles. The molecule has 0 unspecified atom stereocenters. The lowest BCUT2D eigenvalue weighted by atomic mass is 10.1. The van der Waals surface area contributed by atoms with Crippen molar-refractivity contribution >= 4 is 0 Å². The van der Waals surface area contributed by atoms with Crippen LogP contribution in [0.25, 0.3) is 0 Å². The Balaban J connectivity index is 2.20. The van der Waals surface area contributed by atoms with Gasteiger partial charge in [-0.15, -0.1) is 0 Å². The molecule has 0 saturated carbocycles. The van der Waals surface area contributed by atoms with Gasteiger partial charge in [-0.05, 0) is 31.5 Å². The number of rotatable bonds is 18. The fraction of sp³-hybridized carbons (Fsp3) is 0.760. The summed E-state index contributed by atoms with van der Waals surface area (Å²) in [6.07, 6.45) is 19.7. The Hall–Kier alpha value is -0.820. The van der Waals surface area contributed by atoms with E-state index in [0.717, 1.165) is 6.54 Å². The van der Waals surface area contributed by atoms with E-state index in [4.69, 9.17) is 0 Å². The van der Waals surface area contributed by atoms with Crippen molar-refractivity contribution in [1.82, 2.24) is 4.90 Å². The number of nitrogens with zero attached hydrogens (tertiary/aromatic N) is 1. The summed E-state index contributed by atoms with van der Waals surface area (Å²) in [5.41, 5.74) is 1.47. The molecule has 150 valence electrons. The largest absolute Gasteiger partial charge is 0.299 e. The third-order valence-electron chi connectivity index (χ3n) is 5.40. The lowest BCUT2D eigenvalue weighted by Gasteiger charge is -2.22. The normalized spacial score (nSPS) is 11.3. The molecule has 0 amide bonds. The van der Waals surface area contributed by atoms with E-state index in [1.807, 2.05) is 0 Å². The van der Waals surface area contributed by atoms with Gasteiger partial charge < -0.3 is 0 Å². The molecule has 0 fully saturated rings. The third-order valence-corrected chi connectivity index (χ3v) is 5.40. The first-order valence-corrected chi connectivity index (χ1v) is 11.6. The highest BCUT2D eigenvalue weighted by molar-refractivity contribution is 5.14. The minimum atomic E-state index is 1.13. The lowest BCUT2D eigenvalue weighted by molar-refractivity contribution is 0.252. The molecule has 0 N–H and O–H groups in total. The summed E-state index contributed by atoms with van der Waals surface area (Å²) in [7, 11) is 0. The van der Waals surface area contributed by atoms with Gasteiger partial charge in [-0.25, -0.2) is 0 Å². The van der Waals surface area contributed by atoms with Gasteiger partial charge in [0.25, 0.3) is 0 Å². The molecule has 1 aromatic carbocycles. The third kappa shape index (κ3) is 13.4. The van der Waals surface area contributed by atoms with E-state index in [0.29, 0.717) is 0 Å². The fourth-order valence-electron chi connectivity index (χ4n) is 3.70. The minimum Gasteiger partial charge on any atom is -0.299 e. The molecule has 1 nitrogen and oxygen atoms in total. The van der Waals surface area contributed by atoms with Crippen molar-refractivity contribution in [2.75, 3.05) is 13.1 Å². The second kappa shape index (κ2) is 17.6. The predicted octanol–water partition coefficient (Wildman–Crippen LogP) is 7.99. The van der Waals surface area contributed by atoms with E-state index in [9.17, 15) is 0 Å². The second-order valence-corrected chi connectivity index (χ2v) is 8.00. The average molecular weight is 360 g/mol. The van der Waals surface area contributed by atoms with Gasteiger partial charge in [0.1, 0.15) is 0 Å². The summed E-state index contributed by atoms with van der Waals surface area (Å²) in [5.74, 6) is 0. The molecule has 0 aliphatic carbocycles. The molecule has 0 spiro atoms. The van der Waals surface area contributed by atoms with Crippen molar-refractivity contribution in [3.63, 3.8) is 0 Å². The first-order chi connectivity index (χ1) is 12.9. The Labute approximate surface area is 164 Å². The number of benzene rings is 1. The van der Waals surface area contributed by atoms with Crippen molar-refractivity contribution in [3.8, 4) is 0 Å².